The van der Waals surface area contributed by atoms with E-state index in [1.54, 1.807) is 4.90 Å². The van der Waals surface area contributed by atoms with Crippen molar-refractivity contribution < 1.29 is 13.2 Å². The third-order valence-electron chi connectivity index (χ3n) is 3.86. The maximum atomic E-state index is 12.6. The molecule has 2 aliphatic rings. The van der Waals surface area contributed by atoms with Gasteiger partial charge in [0.05, 0.1) is 6.54 Å². The first-order valence-electron chi connectivity index (χ1n) is 6.33. The van der Waals surface area contributed by atoms with Crippen LogP contribution in [0.5, 0.6) is 0 Å². The molecule has 0 radical (unpaired) electrons. The molecule has 2 nitrogen and oxygen atoms in total. The van der Waals surface area contributed by atoms with E-state index in [1.165, 1.54) is 0 Å². The predicted octanol–water partition coefficient (Wildman–Crippen LogP) is 2.40. The molecule has 17 heavy (non-hydrogen) atoms. The zero-order valence-corrected chi connectivity index (χ0v) is 10.5. The highest BCUT2D eigenvalue weighted by molar-refractivity contribution is 4.98. The summed E-state index contributed by atoms with van der Waals surface area (Å²) in [6.07, 6.45) is -1.41. The van der Waals surface area contributed by atoms with E-state index in [-0.39, 0.29) is 17.5 Å². The molecule has 1 N–H and O–H groups in total. The van der Waals surface area contributed by atoms with Gasteiger partial charge >= 0.3 is 6.18 Å². The Hall–Kier alpha value is -0.290. The Morgan fingerprint density at radius 2 is 1.88 bits per heavy atom. The molecule has 0 amide bonds. The van der Waals surface area contributed by atoms with E-state index in [0.29, 0.717) is 0 Å². The van der Waals surface area contributed by atoms with E-state index in [9.17, 15) is 13.2 Å². The molecule has 1 heterocycles. The van der Waals surface area contributed by atoms with Crippen LogP contribution < -0.4 is 5.32 Å². The standard InChI is InChI=1S/C12H21F3N2/c1-11(2)7-16-6-5-10(11)17(9-3-4-9)8-12(13,14)15/h9-10,16H,3-8H2,1-2H3. The van der Waals surface area contributed by atoms with Crippen LogP contribution in [0.25, 0.3) is 0 Å². The summed E-state index contributed by atoms with van der Waals surface area (Å²) >= 11 is 0. The molecule has 0 aromatic carbocycles. The van der Waals surface area contributed by atoms with Crippen molar-refractivity contribution in [3.8, 4) is 0 Å². The monoisotopic (exact) mass is 250 g/mol. The van der Waals surface area contributed by atoms with Crippen molar-refractivity contribution in [3.63, 3.8) is 0 Å². The molecule has 0 bridgehead atoms. The second-order valence-electron chi connectivity index (χ2n) is 5.99. The highest BCUT2D eigenvalue weighted by Crippen LogP contribution is 2.39. The van der Waals surface area contributed by atoms with Gasteiger partial charge in [-0.05, 0) is 31.2 Å². The molecule has 1 atom stereocenters. The minimum Gasteiger partial charge on any atom is -0.316 e. The highest BCUT2D eigenvalue weighted by atomic mass is 19.4. The van der Waals surface area contributed by atoms with Crippen molar-refractivity contribution in [1.82, 2.24) is 10.2 Å². The number of nitrogens with zero attached hydrogens (tertiary/aromatic N) is 1. The minimum absolute atomic E-state index is 0.0536. The number of rotatable bonds is 3. The van der Waals surface area contributed by atoms with Gasteiger partial charge in [0, 0.05) is 18.6 Å². The smallest absolute Gasteiger partial charge is 0.316 e. The van der Waals surface area contributed by atoms with Gasteiger partial charge in [0.2, 0.25) is 0 Å². The van der Waals surface area contributed by atoms with Crippen LogP contribution in [0.1, 0.15) is 33.1 Å². The van der Waals surface area contributed by atoms with Gasteiger partial charge in [-0.25, -0.2) is 0 Å². The molecule has 1 saturated carbocycles. The third kappa shape index (κ3) is 3.35. The van der Waals surface area contributed by atoms with Gasteiger partial charge in [-0.3, -0.25) is 4.90 Å². The van der Waals surface area contributed by atoms with Crippen LogP contribution >= 0.6 is 0 Å². The lowest BCUT2D eigenvalue weighted by molar-refractivity contribution is -0.159. The van der Waals surface area contributed by atoms with Crippen LogP contribution in [-0.4, -0.2) is 42.8 Å². The van der Waals surface area contributed by atoms with Crippen LogP contribution in [0.3, 0.4) is 0 Å². The van der Waals surface area contributed by atoms with Crippen LogP contribution in [-0.2, 0) is 0 Å². The van der Waals surface area contributed by atoms with Gasteiger partial charge in [0.1, 0.15) is 0 Å². The largest absolute Gasteiger partial charge is 0.401 e. The van der Waals surface area contributed by atoms with Gasteiger partial charge in [0.25, 0.3) is 0 Å². The highest BCUT2D eigenvalue weighted by Gasteiger charge is 2.46. The molecule has 0 spiro atoms. The summed E-state index contributed by atoms with van der Waals surface area (Å²) < 4.78 is 37.9. The molecule has 1 aliphatic heterocycles. The number of halogens is 3. The Morgan fingerprint density at radius 3 is 2.35 bits per heavy atom. The Morgan fingerprint density at radius 1 is 1.24 bits per heavy atom. The van der Waals surface area contributed by atoms with Gasteiger partial charge in [-0.2, -0.15) is 13.2 Å². The van der Waals surface area contributed by atoms with Gasteiger partial charge in [-0.1, -0.05) is 13.8 Å². The Balaban J connectivity index is 2.09. The molecule has 1 saturated heterocycles. The summed E-state index contributed by atoms with van der Waals surface area (Å²) in [5, 5.41) is 3.27. The lowest BCUT2D eigenvalue weighted by Crippen LogP contribution is -2.57. The van der Waals surface area contributed by atoms with E-state index in [2.05, 4.69) is 19.2 Å². The zero-order valence-electron chi connectivity index (χ0n) is 10.5. The molecule has 0 aromatic rings. The van der Waals surface area contributed by atoms with Crippen molar-refractivity contribution in [1.29, 1.82) is 0 Å². The molecule has 0 aromatic heterocycles. The van der Waals surface area contributed by atoms with E-state index in [0.717, 1.165) is 32.4 Å². The number of hydrogen-bond donors (Lipinski definition) is 1. The van der Waals surface area contributed by atoms with Crippen molar-refractivity contribution in [2.24, 2.45) is 5.41 Å². The molecular weight excluding hydrogens is 229 g/mol. The average molecular weight is 250 g/mol. The Labute approximate surface area is 101 Å². The van der Waals surface area contributed by atoms with Crippen LogP contribution in [0.2, 0.25) is 0 Å². The fraction of sp³-hybridized carbons (Fsp3) is 1.00. The van der Waals surface area contributed by atoms with Crippen LogP contribution in [0.4, 0.5) is 13.2 Å². The predicted molar refractivity (Wildman–Crippen MR) is 60.8 cm³/mol. The first kappa shape index (κ1) is 13.1. The zero-order chi connectivity index (χ0) is 12.7. The maximum absolute atomic E-state index is 12.6. The van der Waals surface area contributed by atoms with Crippen LogP contribution in [0.15, 0.2) is 0 Å². The van der Waals surface area contributed by atoms with E-state index >= 15 is 0 Å². The van der Waals surface area contributed by atoms with Crippen molar-refractivity contribution in [3.05, 3.63) is 0 Å². The molecule has 5 heteroatoms. The SMILES string of the molecule is CC1(C)CNCCC1N(CC(F)(F)F)C1CC1. The number of nitrogens with one attached hydrogen (secondary N) is 1. The summed E-state index contributed by atoms with van der Waals surface area (Å²) in [6, 6.07) is 0.219. The van der Waals surface area contributed by atoms with Crippen molar-refractivity contribution in [2.45, 2.75) is 51.4 Å². The van der Waals surface area contributed by atoms with Crippen molar-refractivity contribution >= 4 is 0 Å². The summed E-state index contributed by atoms with van der Waals surface area (Å²) in [5.41, 5.74) is -0.0773. The molecule has 2 fully saturated rings. The topological polar surface area (TPSA) is 15.3 Å². The van der Waals surface area contributed by atoms with Gasteiger partial charge in [-0.15, -0.1) is 0 Å². The quantitative estimate of drug-likeness (QED) is 0.827. The summed E-state index contributed by atoms with van der Waals surface area (Å²) in [7, 11) is 0. The summed E-state index contributed by atoms with van der Waals surface area (Å²) in [5.74, 6) is 0. The molecule has 1 aliphatic carbocycles. The maximum Gasteiger partial charge on any atom is 0.401 e. The first-order chi connectivity index (χ1) is 7.80. The van der Waals surface area contributed by atoms with E-state index < -0.39 is 12.7 Å². The second kappa shape index (κ2) is 4.43. The van der Waals surface area contributed by atoms with Crippen molar-refractivity contribution in [2.75, 3.05) is 19.6 Å². The number of hydrogen-bond acceptors (Lipinski definition) is 2. The fourth-order valence-electron chi connectivity index (χ4n) is 2.88. The molecular formula is C12H21F3N2. The van der Waals surface area contributed by atoms with Gasteiger partial charge < -0.3 is 5.32 Å². The summed E-state index contributed by atoms with van der Waals surface area (Å²) in [6.45, 7) is 5.02. The first-order valence-corrected chi connectivity index (χ1v) is 6.33. The lowest BCUT2D eigenvalue weighted by atomic mass is 9.79. The normalized spacial score (nSPS) is 29.6. The summed E-state index contributed by atoms with van der Waals surface area (Å²) in [4.78, 5) is 1.71. The molecule has 1 unspecified atom stereocenters. The second-order valence-corrected chi connectivity index (χ2v) is 5.99. The lowest BCUT2D eigenvalue weighted by Gasteiger charge is -2.46. The Bertz CT molecular complexity index is 271. The van der Waals surface area contributed by atoms with Gasteiger partial charge in [0.15, 0.2) is 0 Å². The fourth-order valence-corrected chi connectivity index (χ4v) is 2.88. The molecule has 2 rings (SSSR count). The average Bonchev–Trinajstić information content (AvgIpc) is 2.95. The Kier molecular flexibility index (Phi) is 3.42. The number of piperidine rings is 1. The van der Waals surface area contributed by atoms with E-state index in [4.69, 9.17) is 0 Å². The third-order valence-corrected chi connectivity index (χ3v) is 3.86. The van der Waals surface area contributed by atoms with Crippen LogP contribution in [0, 0.1) is 5.41 Å². The number of alkyl halides is 3. The minimum atomic E-state index is -4.08. The van der Waals surface area contributed by atoms with E-state index in [1.807, 2.05) is 0 Å². The molecule has 100 valence electrons.